The summed E-state index contributed by atoms with van der Waals surface area (Å²) in [5, 5.41) is 3.69. The predicted octanol–water partition coefficient (Wildman–Crippen LogP) is 3.07. The van der Waals surface area contributed by atoms with Crippen LogP contribution in [0.4, 0.5) is 14.5 Å². The van der Waals surface area contributed by atoms with Crippen LogP contribution < -0.4 is 5.43 Å². The molecule has 1 N–H and O–H groups in total. The fourth-order valence-electron chi connectivity index (χ4n) is 1.29. The zero-order valence-electron chi connectivity index (χ0n) is 9.32. The molecule has 0 unspecified atom stereocenters. The number of hydrogen-bond donors (Lipinski definition) is 1. The quantitative estimate of drug-likeness (QED) is 0.482. The Morgan fingerprint density at radius 3 is 2.94 bits per heavy atom. The Morgan fingerprint density at radius 2 is 2.17 bits per heavy atom. The third kappa shape index (κ3) is 3.29. The van der Waals surface area contributed by atoms with Crippen LogP contribution in [-0.2, 0) is 0 Å². The first-order chi connectivity index (χ1) is 8.75. The minimum atomic E-state index is -0.572. The van der Waals surface area contributed by atoms with E-state index < -0.39 is 11.6 Å². The van der Waals surface area contributed by atoms with E-state index in [9.17, 15) is 8.78 Å². The van der Waals surface area contributed by atoms with Gasteiger partial charge in [0, 0.05) is 18.1 Å². The van der Waals surface area contributed by atoms with E-state index in [1.54, 1.807) is 0 Å². The number of nitrogens with zero attached hydrogens (tertiary/aromatic N) is 1. The highest BCUT2D eigenvalue weighted by atomic mass is 19.1. The molecule has 0 saturated heterocycles. The van der Waals surface area contributed by atoms with Crippen LogP contribution in [-0.4, -0.2) is 6.21 Å². The fraction of sp³-hybridized carbons (Fsp3) is 0. The van der Waals surface area contributed by atoms with Crippen molar-refractivity contribution >= 4 is 11.9 Å². The third-order valence-corrected chi connectivity index (χ3v) is 2.12. The summed E-state index contributed by atoms with van der Waals surface area (Å²) in [4.78, 5) is 0. The number of allylic oxidation sites excluding steroid dienone is 4. The Bertz CT molecular complexity index is 590. The smallest absolute Gasteiger partial charge is 0.148 e. The summed E-state index contributed by atoms with van der Waals surface area (Å²) in [6.07, 6.45) is 8.77. The molecule has 0 atom stereocenters. The lowest BCUT2D eigenvalue weighted by molar-refractivity contribution is 0.603. The summed E-state index contributed by atoms with van der Waals surface area (Å²) in [7, 11) is 0. The summed E-state index contributed by atoms with van der Waals surface area (Å²) in [6, 6.07) is 3.10. The second-order valence-electron chi connectivity index (χ2n) is 3.44. The van der Waals surface area contributed by atoms with E-state index in [1.807, 2.05) is 24.6 Å². The Morgan fingerprint density at radius 1 is 1.28 bits per heavy atom. The van der Waals surface area contributed by atoms with Crippen LogP contribution in [0.2, 0.25) is 0 Å². The van der Waals surface area contributed by atoms with Crippen LogP contribution >= 0.6 is 0 Å². The normalized spacial score (nSPS) is 13.3. The molecule has 0 bridgehead atoms. The molecule has 0 heterocycles. The van der Waals surface area contributed by atoms with Gasteiger partial charge in [-0.25, -0.2) is 8.78 Å². The van der Waals surface area contributed by atoms with Gasteiger partial charge in [-0.05, 0) is 18.1 Å². The van der Waals surface area contributed by atoms with Crippen molar-refractivity contribution in [2.45, 2.75) is 0 Å². The molecular formula is C14H9F2N2. The maximum Gasteiger partial charge on any atom is 0.148 e. The summed E-state index contributed by atoms with van der Waals surface area (Å²) in [5.74, 6) is 4.40. The molecule has 0 aromatic heterocycles. The lowest BCUT2D eigenvalue weighted by atomic mass is 10.3. The molecule has 0 amide bonds. The highest BCUT2D eigenvalue weighted by Crippen LogP contribution is 2.14. The number of hydrazone groups is 1. The molecular weight excluding hydrogens is 234 g/mol. The molecule has 0 fully saturated rings. The maximum atomic E-state index is 13.2. The van der Waals surface area contributed by atoms with Crippen LogP contribution in [0.25, 0.3) is 0 Å². The molecule has 4 heteroatoms. The molecule has 1 aliphatic carbocycles. The van der Waals surface area contributed by atoms with Crippen molar-refractivity contribution < 1.29 is 8.78 Å². The number of benzene rings is 1. The van der Waals surface area contributed by atoms with Crippen LogP contribution in [0.5, 0.6) is 0 Å². The highest BCUT2D eigenvalue weighted by Gasteiger charge is 2.01. The van der Waals surface area contributed by atoms with Crippen LogP contribution in [0.3, 0.4) is 0 Å². The van der Waals surface area contributed by atoms with Gasteiger partial charge in [0.1, 0.15) is 11.6 Å². The first kappa shape index (κ1) is 12.1. The molecule has 0 aliphatic heterocycles. The van der Waals surface area contributed by atoms with E-state index in [4.69, 9.17) is 0 Å². The largest absolute Gasteiger partial charge is 0.275 e. The van der Waals surface area contributed by atoms with E-state index in [-0.39, 0.29) is 5.69 Å². The Kier molecular flexibility index (Phi) is 3.87. The lowest BCUT2D eigenvalue weighted by Crippen LogP contribution is -1.93. The predicted molar refractivity (Wildman–Crippen MR) is 67.8 cm³/mol. The highest BCUT2D eigenvalue weighted by molar-refractivity contribution is 5.80. The van der Waals surface area contributed by atoms with E-state index in [2.05, 4.69) is 22.4 Å². The minimum absolute atomic E-state index is 0.0265. The number of anilines is 1. The van der Waals surface area contributed by atoms with Crippen molar-refractivity contribution in [2.75, 3.05) is 5.43 Å². The Balaban J connectivity index is 1.95. The SMILES string of the molecule is Fc1ccc(F)c(N/N=C\C#CC2=C[CH]C=C2)c1. The first-order valence-corrected chi connectivity index (χ1v) is 5.21. The number of hydrogen-bond acceptors (Lipinski definition) is 2. The van der Waals surface area contributed by atoms with Gasteiger partial charge < -0.3 is 0 Å². The van der Waals surface area contributed by atoms with E-state index in [1.165, 1.54) is 6.21 Å². The van der Waals surface area contributed by atoms with Gasteiger partial charge in [-0.15, -0.1) is 0 Å². The van der Waals surface area contributed by atoms with E-state index in [0.29, 0.717) is 0 Å². The molecule has 0 spiro atoms. The van der Waals surface area contributed by atoms with Crippen molar-refractivity contribution in [1.29, 1.82) is 0 Å². The molecule has 0 saturated carbocycles. The fourth-order valence-corrected chi connectivity index (χ4v) is 1.29. The van der Waals surface area contributed by atoms with Gasteiger partial charge in [-0.1, -0.05) is 24.1 Å². The van der Waals surface area contributed by atoms with Crippen molar-refractivity contribution in [2.24, 2.45) is 5.10 Å². The average molecular weight is 243 g/mol. The van der Waals surface area contributed by atoms with Gasteiger partial charge in [-0.3, -0.25) is 5.43 Å². The molecule has 2 nitrogen and oxygen atoms in total. The van der Waals surface area contributed by atoms with Crippen molar-refractivity contribution in [1.82, 2.24) is 0 Å². The van der Waals surface area contributed by atoms with Gasteiger partial charge >= 0.3 is 0 Å². The van der Waals surface area contributed by atoms with Gasteiger partial charge in [-0.2, -0.15) is 5.10 Å². The van der Waals surface area contributed by atoms with Crippen LogP contribution in [0, 0.1) is 29.9 Å². The number of rotatable bonds is 2. The molecule has 2 rings (SSSR count). The number of nitrogens with one attached hydrogen (secondary N) is 1. The lowest BCUT2D eigenvalue weighted by Gasteiger charge is -2.00. The van der Waals surface area contributed by atoms with Crippen LogP contribution in [0.1, 0.15) is 0 Å². The van der Waals surface area contributed by atoms with Crippen molar-refractivity contribution in [3.63, 3.8) is 0 Å². The summed E-state index contributed by atoms with van der Waals surface area (Å²) in [5.41, 5.74) is 3.23. The van der Waals surface area contributed by atoms with Gasteiger partial charge in [0.15, 0.2) is 0 Å². The monoisotopic (exact) mass is 243 g/mol. The molecule has 89 valence electrons. The number of halogens is 2. The summed E-state index contributed by atoms with van der Waals surface area (Å²) >= 11 is 0. The second-order valence-corrected chi connectivity index (χ2v) is 3.44. The average Bonchev–Trinajstić information content (AvgIpc) is 2.86. The van der Waals surface area contributed by atoms with Crippen molar-refractivity contribution in [3.8, 4) is 11.8 Å². The second kappa shape index (κ2) is 5.78. The van der Waals surface area contributed by atoms with E-state index in [0.717, 1.165) is 23.8 Å². The Labute approximate surface area is 104 Å². The molecule has 1 aliphatic rings. The topological polar surface area (TPSA) is 24.4 Å². The van der Waals surface area contributed by atoms with Crippen LogP contribution in [0.15, 0.2) is 47.1 Å². The zero-order valence-corrected chi connectivity index (χ0v) is 9.32. The summed E-state index contributed by atoms with van der Waals surface area (Å²) < 4.78 is 26.0. The summed E-state index contributed by atoms with van der Waals surface area (Å²) in [6.45, 7) is 0. The van der Waals surface area contributed by atoms with Crippen molar-refractivity contribution in [3.05, 3.63) is 60.1 Å². The first-order valence-electron chi connectivity index (χ1n) is 5.21. The van der Waals surface area contributed by atoms with Gasteiger partial charge in [0.2, 0.25) is 0 Å². The van der Waals surface area contributed by atoms with E-state index >= 15 is 0 Å². The molecule has 1 radical (unpaired) electrons. The standard InChI is InChI=1S/C14H9F2N2/c15-12-7-8-13(16)14(10-12)18-17-9-3-6-11-4-1-2-5-11/h1-2,4-5,7-10,18H/b17-9-. The maximum absolute atomic E-state index is 13.2. The zero-order chi connectivity index (χ0) is 12.8. The van der Waals surface area contributed by atoms with Gasteiger partial charge in [0.05, 0.1) is 11.9 Å². The van der Waals surface area contributed by atoms with Gasteiger partial charge in [0.25, 0.3) is 0 Å². The minimum Gasteiger partial charge on any atom is -0.275 e. The molecule has 18 heavy (non-hydrogen) atoms. The molecule has 1 aromatic rings. The third-order valence-electron chi connectivity index (χ3n) is 2.12. The Hall–Kier alpha value is -2.41. The molecule has 1 aromatic carbocycles.